The Bertz CT molecular complexity index is 714. The normalized spacial score (nSPS) is 21.6. The number of para-hydroxylation sites is 1. The summed E-state index contributed by atoms with van der Waals surface area (Å²) in [5.74, 6) is 0.0352. The molecule has 5 heteroatoms. The lowest BCUT2D eigenvalue weighted by Crippen LogP contribution is -2.44. The molecule has 2 aromatic rings. The Balaban J connectivity index is 1.46. The van der Waals surface area contributed by atoms with Crippen molar-refractivity contribution < 1.29 is 4.79 Å². The highest BCUT2D eigenvalue weighted by molar-refractivity contribution is 5.84. The second-order valence-corrected chi connectivity index (χ2v) is 7.33. The van der Waals surface area contributed by atoms with Gasteiger partial charge < -0.3 is 5.32 Å². The summed E-state index contributed by atoms with van der Waals surface area (Å²) >= 11 is 0. The van der Waals surface area contributed by atoms with Crippen LogP contribution in [0.25, 0.3) is 10.9 Å². The maximum Gasteiger partial charge on any atom is 0.241 e. The topological polar surface area (TPSA) is 50.2 Å². The highest BCUT2D eigenvalue weighted by Gasteiger charge is 2.23. The molecule has 3 rings (SSSR count). The van der Waals surface area contributed by atoms with Crippen molar-refractivity contribution >= 4 is 16.8 Å². The molecule has 0 radical (unpaired) electrons. The highest BCUT2D eigenvalue weighted by Crippen LogP contribution is 2.22. The third-order valence-corrected chi connectivity index (χ3v) is 5.43. The van der Waals surface area contributed by atoms with E-state index in [-0.39, 0.29) is 12.5 Å². The number of nitrogens with zero attached hydrogens (tertiary/aromatic N) is 3. The molecule has 1 fully saturated rings. The summed E-state index contributed by atoms with van der Waals surface area (Å²) in [6.45, 7) is 8.70. The maximum atomic E-state index is 12.3. The van der Waals surface area contributed by atoms with Crippen LogP contribution in [0.3, 0.4) is 0 Å². The number of rotatable bonds is 6. The summed E-state index contributed by atoms with van der Waals surface area (Å²) in [7, 11) is 0. The van der Waals surface area contributed by atoms with Gasteiger partial charge in [-0.05, 0) is 46.1 Å². The Morgan fingerprint density at radius 3 is 2.72 bits per heavy atom. The van der Waals surface area contributed by atoms with E-state index in [4.69, 9.17) is 0 Å². The van der Waals surface area contributed by atoms with Gasteiger partial charge in [-0.25, -0.2) is 0 Å². The third-order valence-electron chi connectivity index (χ3n) is 5.43. The summed E-state index contributed by atoms with van der Waals surface area (Å²) < 4.78 is 1.80. The van der Waals surface area contributed by atoms with Crippen molar-refractivity contribution in [3.63, 3.8) is 0 Å². The molecule has 0 spiro atoms. The quantitative estimate of drug-likeness (QED) is 0.821. The van der Waals surface area contributed by atoms with Crippen LogP contribution < -0.4 is 5.32 Å². The molecule has 5 nitrogen and oxygen atoms in total. The van der Waals surface area contributed by atoms with E-state index in [0.29, 0.717) is 12.1 Å². The minimum Gasteiger partial charge on any atom is -0.354 e. The van der Waals surface area contributed by atoms with Crippen molar-refractivity contribution in [1.82, 2.24) is 20.0 Å². The summed E-state index contributed by atoms with van der Waals surface area (Å²) in [6.07, 6.45) is 4.93. The average Bonchev–Trinajstić information content (AvgIpc) is 2.90. The molecule has 1 aromatic heterocycles. The monoisotopic (exact) mass is 342 g/mol. The molecule has 136 valence electrons. The second kappa shape index (κ2) is 8.00. The third kappa shape index (κ3) is 4.21. The van der Waals surface area contributed by atoms with E-state index in [1.165, 1.54) is 19.3 Å². The number of carbonyl (C=O) groups is 1. The fraction of sp³-hybridized carbons (Fsp3) is 0.600. The van der Waals surface area contributed by atoms with Crippen molar-refractivity contribution in [1.29, 1.82) is 0 Å². The number of benzene rings is 1. The Labute approximate surface area is 150 Å². The number of amides is 1. The Morgan fingerprint density at radius 2 is 1.96 bits per heavy atom. The lowest BCUT2D eigenvalue weighted by Gasteiger charge is -2.39. The molecular weight excluding hydrogens is 312 g/mol. The first-order valence-corrected chi connectivity index (χ1v) is 9.51. The van der Waals surface area contributed by atoms with Gasteiger partial charge in [0.15, 0.2) is 0 Å². The van der Waals surface area contributed by atoms with Gasteiger partial charge in [-0.15, -0.1) is 0 Å². The molecule has 0 saturated carbocycles. The molecule has 2 heterocycles. The van der Waals surface area contributed by atoms with Crippen LogP contribution in [0.5, 0.6) is 0 Å². The van der Waals surface area contributed by atoms with Gasteiger partial charge in [-0.1, -0.05) is 24.6 Å². The van der Waals surface area contributed by atoms with Crippen molar-refractivity contribution in [3.05, 3.63) is 30.0 Å². The van der Waals surface area contributed by atoms with Crippen LogP contribution in [-0.2, 0) is 11.3 Å². The second-order valence-electron chi connectivity index (χ2n) is 7.33. The number of carbonyl (C=O) groups excluding carboxylic acids is 1. The van der Waals surface area contributed by atoms with E-state index < -0.39 is 0 Å². The first kappa shape index (κ1) is 17.9. The van der Waals surface area contributed by atoms with E-state index in [2.05, 4.69) is 29.2 Å². The summed E-state index contributed by atoms with van der Waals surface area (Å²) in [5, 5.41) is 8.66. The van der Waals surface area contributed by atoms with Gasteiger partial charge in [-0.2, -0.15) is 5.10 Å². The zero-order valence-electron chi connectivity index (χ0n) is 15.7. The maximum absolute atomic E-state index is 12.3. The largest absolute Gasteiger partial charge is 0.354 e. The van der Waals surface area contributed by atoms with Gasteiger partial charge in [0.25, 0.3) is 0 Å². The van der Waals surface area contributed by atoms with Gasteiger partial charge in [0.2, 0.25) is 5.91 Å². The minimum absolute atomic E-state index is 0.0352. The van der Waals surface area contributed by atoms with E-state index in [1.807, 2.05) is 31.2 Å². The van der Waals surface area contributed by atoms with Crippen LogP contribution in [0.4, 0.5) is 0 Å². The molecule has 2 atom stereocenters. The fourth-order valence-corrected chi connectivity index (χ4v) is 4.01. The molecule has 0 aliphatic carbocycles. The molecule has 0 bridgehead atoms. The van der Waals surface area contributed by atoms with Gasteiger partial charge >= 0.3 is 0 Å². The van der Waals surface area contributed by atoms with Crippen LogP contribution in [0, 0.1) is 6.92 Å². The first-order chi connectivity index (χ1) is 12.1. The molecule has 1 aliphatic rings. The van der Waals surface area contributed by atoms with Crippen LogP contribution in [0.2, 0.25) is 0 Å². The van der Waals surface area contributed by atoms with Gasteiger partial charge in [0.05, 0.1) is 11.2 Å². The molecule has 1 aromatic carbocycles. The van der Waals surface area contributed by atoms with Gasteiger partial charge in [0, 0.05) is 30.6 Å². The number of likely N-dealkylation sites (tertiary alicyclic amines) is 1. The Kier molecular flexibility index (Phi) is 5.74. The Morgan fingerprint density at radius 1 is 1.24 bits per heavy atom. The number of hydrogen-bond acceptors (Lipinski definition) is 3. The number of nitrogens with one attached hydrogen (secondary N) is 1. The zero-order chi connectivity index (χ0) is 17.8. The van der Waals surface area contributed by atoms with Gasteiger partial charge in [0.1, 0.15) is 6.54 Å². The summed E-state index contributed by atoms with van der Waals surface area (Å²) in [5.41, 5.74) is 1.99. The lowest BCUT2D eigenvalue weighted by molar-refractivity contribution is -0.121. The number of hydrogen-bond donors (Lipinski definition) is 1. The van der Waals surface area contributed by atoms with E-state index >= 15 is 0 Å². The van der Waals surface area contributed by atoms with Crippen LogP contribution >= 0.6 is 0 Å². The standard InChI is InChI=1S/C20H30N4O/c1-15-8-6-9-16(2)23(15)13-7-12-21-20(25)14-24-19-11-5-4-10-18(19)17(3)22-24/h4-5,10-11,15-16H,6-9,12-14H2,1-3H3,(H,21,25)/t15-,16+. The van der Waals surface area contributed by atoms with Crippen LogP contribution in [0.15, 0.2) is 24.3 Å². The van der Waals surface area contributed by atoms with E-state index in [0.717, 1.165) is 36.1 Å². The first-order valence-electron chi connectivity index (χ1n) is 9.51. The molecule has 1 saturated heterocycles. The van der Waals surface area contributed by atoms with E-state index in [1.54, 1.807) is 4.68 Å². The minimum atomic E-state index is 0.0352. The summed E-state index contributed by atoms with van der Waals surface area (Å²) in [6, 6.07) is 9.38. The number of aromatic nitrogens is 2. The smallest absolute Gasteiger partial charge is 0.241 e. The number of fused-ring (bicyclic) bond motifs is 1. The van der Waals surface area contributed by atoms with Crippen molar-refractivity contribution in [3.8, 4) is 0 Å². The predicted molar refractivity (Wildman–Crippen MR) is 102 cm³/mol. The molecule has 1 N–H and O–H groups in total. The van der Waals surface area contributed by atoms with Crippen molar-refractivity contribution in [2.75, 3.05) is 13.1 Å². The molecular formula is C20H30N4O. The Hall–Kier alpha value is -1.88. The number of piperidine rings is 1. The van der Waals surface area contributed by atoms with Gasteiger partial charge in [-0.3, -0.25) is 14.4 Å². The van der Waals surface area contributed by atoms with Crippen LogP contribution in [0.1, 0.15) is 45.2 Å². The molecule has 0 unspecified atom stereocenters. The van der Waals surface area contributed by atoms with Crippen LogP contribution in [-0.4, -0.2) is 45.8 Å². The predicted octanol–water partition coefficient (Wildman–Crippen LogP) is 3.11. The zero-order valence-corrected chi connectivity index (χ0v) is 15.7. The molecule has 1 aliphatic heterocycles. The van der Waals surface area contributed by atoms with E-state index in [9.17, 15) is 4.79 Å². The SMILES string of the molecule is Cc1nn(CC(=O)NCCCN2[C@H](C)CCC[C@@H]2C)c2ccccc12. The molecule has 1 amide bonds. The summed E-state index contributed by atoms with van der Waals surface area (Å²) in [4.78, 5) is 14.8. The lowest BCUT2D eigenvalue weighted by atomic mass is 9.97. The van der Waals surface area contributed by atoms with Crippen molar-refractivity contribution in [2.24, 2.45) is 0 Å². The molecule has 25 heavy (non-hydrogen) atoms. The average molecular weight is 342 g/mol. The highest BCUT2D eigenvalue weighted by atomic mass is 16.2. The fourth-order valence-electron chi connectivity index (χ4n) is 4.01. The number of aryl methyl sites for hydroxylation is 1. The van der Waals surface area contributed by atoms with Crippen molar-refractivity contribution in [2.45, 2.75) is 65.1 Å².